The maximum atomic E-state index is 10.6. The molecule has 0 fully saturated rings. The molecule has 0 saturated heterocycles. The molecule has 0 atom stereocenters. The highest BCUT2D eigenvalue weighted by atomic mass is 16.7. The van der Waals surface area contributed by atoms with Crippen molar-refractivity contribution < 1.29 is 23.8 Å². The van der Waals surface area contributed by atoms with Crippen molar-refractivity contribution in [2.45, 2.75) is 6.92 Å². The molecule has 5 heteroatoms. The van der Waals surface area contributed by atoms with Crippen molar-refractivity contribution in [3.63, 3.8) is 0 Å². The number of carbonyl (C=O) groups is 2. The molecule has 0 heterocycles. The quantitative estimate of drug-likeness (QED) is 0.386. The fourth-order valence-corrected chi connectivity index (χ4v) is 0.543. The van der Waals surface area contributed by atoms with Gasteiger partial charge in [0.05, 0.1) is 14.2 Å². The molecule has 0 spiro atoms. The zero-order chi connectivity index (χ0) is 11.7. The molecule has 0 radical (unpaired) electrons. The SMILES string of the molecule is COC(=O)C#C/C=C(\C)COC(=O)OC. The Kier molecular flexibility index (Phi) is 6.47. The van der Waals surface area contributed by atoms with E-state index in [2.05, 4.69) is 26.1 Å². The summed E-state index contributed by atoms with van der Waals surface area (Å²) in [4.78, 5) is 21.1. The first kappa shape index (κ1) is 13.0. The van der Waals surface area contributed by atoms with Crippen molar-refractivity contribution in [1.29, 1.82) is 0 Å². The molecule has 82 valence electrons. The van der Waals surface area contributed by atoms with Crippen LogP contribution in [0.25, 0.3) is 0 Å². The van der Waals surface area contributed by atoms with E-state index < -0.39 is 12.1 Å². The first-order valence-electron chi connectivity index (χ1n) is 4.06. The molecule has 0 saturated carbocycles. The molecule has 0 aliphatic rings. The lowest BCUT2D eigenvalue weighted by Crippen LogP contribution is -2.05. The second kappa shape index (κ2) is 7.44. The van der Waals surface area contributed by atoms with E-state index in [0.717, 1.165) is 0 Å². The summed E-state index contributed by atoms with van der Waals surface area (Å²) in [6.07, 6.45) is 0.698. The van der Waals surface area contributed by atoms with Gasteiger partial charge in [0.2, 0.25) is 0 Å². The first-order chi connectivity index (χ1) is 7.10. The molecular weight excluding hydrogens is 200 g/mol. The van der Waals surface area contributed by atoms with Crippen LogP contribution in [-0.4, -0.2) is 33.0 Å². The van der Waals surface area contributed by atoms with Crippen molar-refractivity contribution in [3.8, 4) is 11.8 Å². The number of carbonyl (C=O) groups excluding carboxylic acids is 2. The molecule has 5 nitrogen and oxygen atoms in total. The van der Waals surface area contributed by atoms with Gasteiger partial charge < -0.3 is 14.2 Å². The Labute approximate surface area is 88.0 Å². The van der Waals surface area contributed by atoms with E-state index in [1.54, 1.807) is 6.92 Å². The van der Waals surface area contributed by atoms with Gasteiger partial charge in [0.15, 0.2) is 0 Å². The Balaban J connectivity index is 4.02. The van der Waals surface area contributed by atoms with Crippen LogP contribution in [0.4, 0.5) is 4.79 Å². The summed E-state index contributed by atoms with van der Waals surface area (Å²) in [5, 5.41) is 0. The molecule has 0 aromatic rings. The minimum atomic E-state index is -0.760. The fourth-order valence-electron chi connectivity index (χ4n) is 0.543. The number of ether oxygens (including phenoxy) is 3. The molecule has 0 aromatic carbocycles. The van der Waals surface area contributed by atoms with E-state index in [-0.39, 0.29) is 6.61 Å². The van der Waals surface area contributed by atoms with Gasteiger partial charge in [-0.3, -0.25) is 0 Å². The molecule has 0 amide bonds. The van der Waals surface area contributed by atoms with Gasteiger partial charge in [-0.05, 0) is 18.6 Å². The summed E-state index contributed by atoms with van der Waals surface area (Å²) in [5.74, 6) is 4.05. The van der Waals surface area contributed by atoms with E-state index in [0.29, 0.717) is 5.57 Å². The fraction of sp³-hybridized carbons (Fsp3) is 0.400. The van der Waals surface area contributed by atoms with Gasteiger partial charge in [-0.25, -0.2) is 9.59 Å². The lowest BCUT2D eigenvalue weighted by atomic mass is 10.3. The first-order valence-corrected chi connectivity index (χ1v) is 4.06. The Morgan fingerprint density at radius 2 is 1.93 bits per heavy atom. The van der Waals surface area contributed by atoms with Crippen LogP contribution in [0.3, 0.4) is 0 Å². The number of hydrogen-bond acceptors (Lipinski definition) is 5. The Hall–Kier alpha value is -1.96. The summed E-state index contributed by atoms with van der Waals surface area (Å²) in [6, 6.07) is 0. The molecule has 15 heavy (non-hydrogen) atoms. The molecule has 0 aromatic heterocycles. The van der Waals surface area contributed by atoms with Crippen LogP contribution in [0, 0.1) is 11.8 Å². The average molecular weight is 212 g/mol. The van der Waals surface area contributed by atoms with Crippen molar-refractivity contribution in [3.05, 3.63) is 11.6 Å². The summed E-state index contributed by atoms with van der Waals surface area (Å²) < 4.78 is 13.2. The normalized spacial score (nSPS) is 9.67. The Bertz CT molecular complexity index is 318. The van der Waals surface area contributed by atoms with Crippen LogP contribution < -0.4 is 0 Å². The zero-order valence-electron chi connectivity index (χ0n) is 8.83. The highest BCUT2D eigenvalue weighted by Gasteiger charge is 1.99. The monoisotopic (exact) mass is 212 g/mol. The van der Waals surface area contributed by atoms with Gasteiger partial charge in [0.25, 0.3) is 0 Å². The van der Waals surface area contributed by atoms with E-state index in [1.165, 1.54) is 20.3 Å². The van der Waals surface area contributed by atoms with Gasteiger partial charge >= 0.3 is 12.1 Å². The number of esters is 1. The molecular formula is C10H12O5. The maximum Gasteiger partial charge on any atom is 0.508 e. The van der Waals surface area contributed by atoms with Crippen LogP contribution in [-0.2, 0) is 19.0 Å². The summed E-state index contributed by atoms with van der Waals surface area (Å²) >= 11 is 0. The van der Waals surface area contributed by atoms with Crippen molar-refractivity contribution >= 4 is 12.1 Å². The van der Waals surface area contributed by atoms with Crippen molar-refractivity contribution in [1.82, 2.24) is 0 Å². The van der Waals surface area contributed by atoms with Gasteiger partial charge in [-0.15, -0.1) is 0 Å². The van der Waals surface area contributed by atoms with Gasteiger partial charge in [-0.1, -0.05) is 5.92 Å². The second-order valence-electron chi connectivity index (χ2n) is 2.49. The molecule has 0 aliphatic carbocycles. The topological polar surface area (TPSA) is 61.8 Å². The average Bonchev–Trinajstić information content (AvgIpc) is 2.25. The molecule has 0 N–H and O–H groups in total. The summed E-state index contributed by atoms with van der Waals surface area (Å²) in [6.45, 7) is 1.78. The number of methoxy groups -OCH3 is 2. The number of rotatable bonds is 2. The Morgan fingerprint density at radius 1 is 1.27 bits per heavy atom. The lowest BCUT2D eigenvalue weighted by molar-refractivity contribution is -0.133. The highest BCUT2D eigenvalue weighted by Crippen LogP contribution is 1.94. The summed E-state index contributed by atoms with van der Waals surface area (Å²) in [5.41, 5.74) is 0.691. The smallest absolute Gasteiger partial charge is 0.459 e. The predicted octanol–water partition coefficient (Wildman–Crippen LogP) is 0.892. The lowest BCUT2D eigenvalue weighted by Gasteiger charge is -2.00. The third-order valence-corrected chi connectivity index (χ3v) is 1.26. The second-order valence-corrected chi connectivity index (χ2v) is 2.49. The van der Waals surface area contributed by atoms with E-state index in [9.17, 15) is 9.59 Å². The van der Waals surface area contributed by atoms with Crippen molar-refractivity contribution in [2.24, 2.45) is 0 Å². The molecule has 0 aliphatic heterocycles. The largest absolute Gasteiger partial charge is 0.508 e. The van der Waals surface area contributed by atoms with Crippen LogP contribution in [0.5, 0.6) is 0 Å². The minimum Gasteiger partial charge on any atom is -0.459 e. The van der Waals surface area contributed by atoms with E-state index >= 15 is 0 Å². The van der Waals surface area contributed by atoms with Crippen LogP contribution in [0.1, 0.15) is 6.92 Å². The molecule has 0 rings (SSSR count). The standard InChI is InChI=1S/C10H12O5/c1-8(7-15-10(12)14-3)5-4-6-9(11)13-2/h5H,7H2,1-3H3/b8-5+. The third-order valence-electron chi connectivity index (χ3n) is 1.26. The third kappa shape index (κ3) is 7.14. The van der Waals surface area contributed by atoms with Crippen LogP contribution in [0.15, 0.2) is 11.6 Å². The van der Waals surface area contributed by atoms with E-state index in [1.807, 2.05) is 0 Å². The van der Waals surface area contributed by atoms with Crippen LogP contribution in [0.2, 0.25) is 0 Å². The minimum absolute atomic E-state index is 0.0720. The number of allylic oxidation sites excluding steroid dienone is 1. The van der Waals surface area contributed by atoms with Gasteiger partial charge in [-0.2, -0.15) is 0 Å². The number of hydrogen-bond donors (Lipinski definition) is 0. The zero-order valence-corrected chi connectivity index (χ0v) is 8.83. The molecule has 0 unspecified atom stereocenters. The van der Waals surface area contributed by atoms with Crippen LogP contribution >= 0.6 is 0 Å². The Morgan fingerprint density at radius 3 is 2.47 bits per heavy atom. The summed E-state index contributed by atoms with van der Waals surface area (Å²) in [7, 11) is 2.46. The molecule has 0 bridgehead atoms. The highest BCUT2D eigenvalue weighted by molar-refractivity contribution is 5.88. The maximum absolute atomic E-state index is 10.6. The van der Waals surface area contributed by atoms with Gasteiger partial charge in [0.1, 0.15) is 6.61 Å². The predicted molar refractivity (Wildman–Crippen MR) is 51.9 cm³/mol. The van der Waals surface area contributed by atoms with Gasteiger partial charge in [0, 0.05) is 5.92 Å². The van der Waals surface area contributed by atoms with Crippen molar-refractivity contribution in [2.75, 3.05) is 20.8 Å². The van der Waals surface area contributed by atoms with E-state index in [4.69, 9.17) is 0 Å².